The summed E-state index contributed by atoms with van der Waals surface area (Å²) in [4.78, 5) is 17.0. The number of aliphatic hydroxyl groups is 1. The number of benzene rings is 1. The molecule has 132 valence electrons. The van der Waals surface area contributed by atoms with Crippen LogP contribution in [-0.2, 0) is 4.79 Å². The fourth-order valence-corrected chi connectivity index (χ4v) is 3.82. The molecule has 2 heterocycles. The van der Waals surface area contributed by atoms with Crippen LogP contribution in [0.4, 0.5) is 0 Å². The molecule has 2 aliphatic heterocycles. The third-order valence-corrected chi connectivity index (χ3v) is 5.21. The highest BCUT2D eigenvalue weighted by atomic mass is 16.5. The van der Waals surface area contributed by atoms with E-state index in [2.05, 4.69) is 4.90 Å². The summed E-state index contributed by atoms with van der Waals surface area (Å²) < 4.78 is 5.17. The Morgan fingerprint density at radius 3 is 2.83 bits per heavy atom. The predicted octanol–water partition coefficient (Wildman–Crippen LogP) is 2.06. The van der Waals surface area contributed by atoms with E-state index in [-0.39, 0.29) is 5.91 Å². The number of amides is 1. The van der Waals surface area contributed by atoms with Gasteiger partial charge >= 0.3 is 0 Å². The van der Waals surface area contributed by atoms with E-state index in [0.29, 0.717) is 17.2 Å². The zero-order chi connectivity index (χ0) is 16.9. The molecule has 0 bridgehead atoms. The van der Waals surface area contributed by atoms with E-state index < -0.39 is 6.10 Å². The molecule has 2 fully saturated rings. The summed E-state index contributed by atoms with van der Waals surface area (Å²) in [7, 11) is 1.58. The van der Waals surface area contributed by atoms with Gasteiger partial charge in [-0.05, 0) is 56.0 Å². The average Bonchev–Trinajstić information content (AvgIpc) is 3.10. The third kappa shape index (κ3) is 4.08. The quantitative estimate of drug-likeness (QED) is 0.897. The molecule has 5 nitrogen and oxygen atoms in total. The van der Waals surface area contributed by atoms with E-state index in [1.54, 1.807) is 25.3 Å². The Hall–Kier alpha value is -1.59. The van der Waals surface area contributed by atoms with Gasteiger partial charge in [0.2, 0.25) is 0 Å². The number of nitrogens with zero attached hydrogens (tertiary/aromatic N) is 2. The number of likely N-dealkylation sites (tertiary alicyclic amines) is 2. The highest BCUT2D eigenvalue weighted by Gasteiger charge is 2.31. The second-order valence-corrected chi connectivity index (χ2v) is 6.98. The Kier molecular flexibility index (Phi) is 5.74. The molecule has 0 aliphatic carbocycles. The first-order valence-electron chi connectivity index (χ1n) is 9.00. The molecule has 0 saturated carbocycles. The maximum absolute atomic E-state index is 12.6. The van der Waals surface area contributed by atoms with Crippen molar-refractivity contribution in [3.63, 3.8) is 0 Å². The number of hydrogen-bond acceptors (Lipinski definition) is 4. The number of hydrogen-bond donors (Lipinski definition) is 1. The van der Waals surface area contributed by atoms with Gasteiger partial charge in [0.15, 0.2) is 6.10 Å². The lowest BCUT2D eigenvalue weighted by Gasteiger charge is -2.29. The lowest BCUT2D eigenvalue weighted by molar-refractivity contribution is -0.139. The zero-order valence-corrected chi connectivity index (χ0v) is 14.5. The van der Waals surface area contributed by atoms with E-state index in [1.165, 1.54) is 32.4 Å². The van der Waals surface area contributed by atoms with Gasteiger partial charge in [-0.3, -0.25) is 4.79 Å². The van der Waals surface area contributed by atoms with Crippen molar-refractivity contribution in [3.05, 3.63) is 29.8 Å². The molecule has 2 aliphatic rings. The highest BCUT2D eigenvalue weighted by Crippen LogP contribution is 2.25. The Labute approximate surface area is 144 Å². The van der Waals surface area contributed by atoms with Crippen molar-refractivity contribution in [2.24, 2.45) is 5.92 Å². The molecule has 1 amide bonds. The van der Waals surface area contributed by atoms with Crippen LogP contribution in [0.2, 0.25) is 0 Å². The molecular formula is C19H28N2O3. The predicted molar refractivity (Wildman–Crippen MR) is 92.9 cm³/mol. The van der Waals surface area contributed by atoms with Crippen LogP contribution in [0.25, 0.3) is 0 Å². The number of rotatable bonds is 5. The van der Waals surface area contributed by atoms with Gasteiger partial charge in [0.05, 0.1) is 7.11 Å². The van der Waals surface area contributed by atoms with Gasteiger partial charge < -0.3 is 19.6 Å². The topological polar surface area (TPSA) is 53.0 Å². The van der Waals surface area contributed by atoms with Crippen molar-refractivity contribution in [1.29, 1.82) is 0 Å². The van der Waals surface area contributed by atoms with Crippen LogP contribution < -0.4 is 4.74 Å². The second-order valence-electron chi connectivity index (χ2n) is 6.98. The molecule has 2 saturated heterocycles. The Morgan fingerprint density at radius 2 is 2.08 bits per heavy atom. The lowest BCUT2D eigenvalue weighted by atomic mass is 10.1. The van der Waals surface area contributed by atoms with Gasteiger partial charge in [-0.1, -0.05) is 18.6 Å². The number of carbonyl (C=O) groups excluding carboxylic acids is 1. The van der Waals surface area contributed by atoms with E-state index in [9.17, 15) is 9.90 Å². The molecular weight excluding hydrogens is 304 g/mol. The van der Waals surface area contributed by atoms with Crippen molar-refractivity contribution >= 4 is 5.91 Å². The summed E-state index contributed by atoms with van der Waals surface area (Å²) >= 11 is 0. The van der Waals surface area contributed by atoms with E-state index in [4.69, 9.17) is 4.74 Å². The van der Waals surface area contributed by atoms with E-state index >= 15 is 0 Å². The second kappa shape index (κ2) is 7.99. The minimum atomic E-state index is -1.10. The van der Waals surface area contributed by atoms with Crippen molar-refractivity contribution in [1.82, 2.24) is 9.80 Å². The van der Waals surface area contributed by atoms with Crippen LogP contribution in [0.5, 0.6) is 5.75 Å². The van der Waals surface area contributed by atoms with Crippen LogP contribution in [0.15, 0.2) is 24.3 Å². The smallest absolute Gasteiger partial charge is 0.256 e. The van der Waals surface area contributed by atoms with Crippen LogP contribution in [-0.4, -0.2) is 60.6 Å². The third-order valence-electron chi connectivity index (χ3n) is 5.21. The summed E-state index contributed by atoms with van der Waals surface area (Å²) in [6.45, 7) is 4.97. The standard InChI is InChI=1S/C19H28N2O3/c1-24-17-7-5-6-16(12-17)18(22)19(23)21-11-8-15(14-21)13-20-9-3-2-4-10-20/h5-7,12,15,18,22H,2-4,8-11,13-14H2,1H3. The lowest BCUT2D eigenvalue weighted by Crippen LogP contribution is -2.37. The number of methoxy groups -OCH3 is 1. The maximum atomic E-state index is 12.6. The van der Waals surface area contributed by atoms with Crippen molar-refractivity contribution in [3.8, 4) is 5.75 Å². The molecule has 1 aromatic carbocycles. The van der Waals surface area contributed by atoms with Crippen molar-refractivity contribution in [2.45, 2.75) is 31.8 Å². The molecule has 3 rings (SSSR count). The molecule has 2 unspecified atom stereocenters. The highest BCUT2D eigenvalue weighted by molar-refractivity contribution is 5.82. The molecule has 24 heavy (non-hydrogen) atoms. The van der Waals surface area contributed by atoms with Crippen molar-refractivity contribution in [2.75, 3.05) is 39.8 Å². The van der Waals surface area contributed by atoms with Gasteiger partial charge in [0.1, 0.15) is 5.75 Å². The molecule has 0 spiro atoms. The van der Waals surface area contributed by atoms with Crippen LogP contribution in [0.3, 0.4) is 0 Å². The van der Waals surface area contributed by atoms with Crippen LogP contribution in [0.1, 0.15) is 37.4 Å². The van der Waals surface area contributed by atoms with Crippen LogP contribution >= 0.6 is 0 Å². The van der Waals surface area contributed by atoms with Gasteiger partial charge in [-0.15, -0.1) is 0 Å². The average molecular weight is 332 g/mol. The maximum Gasteiger partial charge on any atom is 0.256 e. The zero-order valence-electron chi connectivity index (χ0n) is 14.5. The molecule has 1 aromatic rings. The summed E-state index contributed by atoms with van der Waals surface area (Å²) in [5, 5.41) is 10.4. The normalized spacial score (nSPS) is 23.2. The first-order chi connectivity index (χ1) is 11.7. The van der Waals surface area contributed by atoms with Gasteiger partial charge in [0, 0.05) is 19.6 Å². The molecule has 2 atom stereocenters. The van der Waals surface area contributed by atoms with E-state index in [0.717, 1.165) is 26.1 Å². The summed E-state index contributed by atoms with van der Waals surface area (Å²) in [5.41, 5.74) is 0.596. The van der Waals surface area contributed by atoms with E-state index in [1.807, 2.05) is 11.0 Å². The molecule has 0 aromatic heterocycles. The Morgan fingerprint density at radius 1 is 1.29 bits per heavy atom. The number of aliphatic hydroxyl groups excluding tert-OH is 1. The fourth-order valence-electron chi connectivity index (χ4n) is 3.82. The minimum Gasteiger partial charge on any atom is -0.497 e. The van der Waals surface area contributed by atoms with Gasteiger partial charge in [0.25, 0.3) is 5.91 Å². The number of carbonyl (C=O) groups is 1. The Balaban J connectivity index is 1.55. The fraction of sp³-hybridized carbons (Fsp3) is 0.632. The first kappa shape index (κ1) is 17.2. The van der Waals surface area contributed by atoms with Gasteiger partial charge in [-0.2, -0.15) is 0 Å². The minimum absolute atomic E-state index is 0.190. The SMILES string of the molecule is COc1cccc(C(O)C(=O)N2CCC(CN3CCCCC3)C2)c1. The molecule has 5 heteroatoms. The summed E-state index contributed by atoms with van der Waals surface area (Å²) in [6, 6.07) is 7.11. The Bertz CT molecular complexity index is 557. The molecule has 1 N–H and O–H groups in total. The van der Waals surface area contributed by atoms with Gasteiger partial charge in [-0.25, -0.2) is 0 Å². The van der Waals surface area contributed by atoms with Crippen LogP contribution in [0, 0.1) is 5.92 Å². The molecule has 0 radical (unpaired) electrons. The summed E-state index contributed by atoms with van der Waals surface area (Å²) in [6.07, 6.45) is 3.87. The van der Waals surface area contributed by atoms with Crippen molar-refractivity contribution < 1.29 is 14.6 Å². The summed E-state index contributed by atoms with van der Waals surface area (Å²) in [5.74, 6) is 0.998. The first-order valence-corrected chi connectivity index (χ1v) is 9.00. The largest absolute Gasteiger partial charge is 0.497 e. The number of piperidine rings is 1. The monoisotopic (exact) mass is 332 g/mol. The number of ether oxygens (including phenoxy) is 1.